The number of benzene rings is 2. The Labute approximate surface area is 322 Å². The molecule has 0 atom stereocenters. The van der Waals surface area contributed by atoms with E-state index >= 15 is 0 Å². The van der Waals surface area contributed by atoms with E-state index in [9.17, 15) is 34.2 Å². The molecule has 2 aromatic carbocycles. The monoisotopic (exact) mass is 786 g/mol. The lowest BCUT2D eigenvalue weighted by Gasteiger charge is -2.52. The molecule has 0 spiro atoms. The molecule has 9 N–H and O–H groups in total. The minimum Gasteiger partial charge on any atom is -0.481 e. The van der Waals surface area contributed by atoms with Gasteiger partial charge in [0, 0.05) is 23.5 Å². The second kappa shape index (κ2) is 18.8. The van der Waals surface area contributed by atoms with Gasteiger partial charge in [0.25, 0.3) is 0 Å². The molecule has 0 amide bonds. The molecule has 4 rings (SSSR count). The van der Waals surface area contributed by atoms with Gasteiger partial charge in [0.2, 0.25) is 0 Å². The van der Waals surface area contributed by atoms with Gasteiger partial charge in [0.15, 0.2) is 11.2 Å². The number of carboxylic acids is 6. The van der Waals surface area contributed by atoms with Gasteiger partial charge in [-0.05, 0) is 71.6 Å². The molecular weight excluding hydrogens is 736 g/mol. The molecule has 0 bridgehead atoms. The van der Waals surface area contributed by atoms with E-state index in [0.717, 1.165) is 37.1 Å². The SMILES string of the molecule is CN(C)C1(C(=N)c2cc3ccccc3n2C)CCC(c2ccccc2)(N(C)C)CC1.O=C(O)CC(O)(CC(=O)O)C(=O)O.O=C(O)CC(O)(CC(=O)O)C(=O)O. The standard InChI is InChI=1S/C26H34N4.2C6H8O7/c1-28(2)25(21-12-7-6-8-13-21)15-17-26(18-16-25,29(3)4)24(27)23-19-20-11-9-10-14-22(20)30(23)5;2*7-3(8)1-6(13,5(11)12)2-4(9)10/h6-14,19,27H,15-18H2,1-5H3;2*13H,1-2H2,(H,7,8)(H,9,10)(H,11,12). The average molecular weight is 787 g/mol. The topological polar surface area (TPSA) is 300 Å². The summed E-state index contributed by atoms with van der Waals surface area (Å²) in [6.45, 7) is 0. The Morgan fingerprint density at radius 3 is 1.38 bits per heavy atom. The summed E-state index contributed by atoms with van der Waals surface area (Å²) in [5.41, 5.74) is -1.35. The summed E-state index contributed by atoms with van der Waals surface area (Å²) in [5.74, 6) is -10.0. The van der Waals surface area contributed by atoms with Crippen LogP contribution in [0.2, 0.25) is 0 Å². The predicted octanol–water partition coefficient (Wildman–Crippen LogP) is 2.38. The molecule has 0 aliphatic heterocycles. The molecule has 1 fully saturated rings. The molecule has 306 valence electrons. The van der Waals surface area contributed by atoms with E-state index in [1.807, 2.05) is 0 Å². The van der Waals surface area contributed by atoms with E-state index in [1.165, 1.54) is 16.5 Å². The van der Waals surface area contributed by atoms with Gasteiger partial charge in [0.05, 0.1) is 42.6 Å². The third kappa shape index (κ3) is 11.0. The van der Waals surface area contributed by atoms with Crippen LogP contribution in [0.3, 0.4) is 0 Å². The lowest BCUT2D eigenvalue weighted by Crippen LogP contribution is -2.58. The fourth-order valence-electron chi connectivity index (χ4n) is 6.94. The fourth-order valence-corrected chi connectivity index (χ4v) is 6.94. The van der Waals surface area contributed by atoms with Gasteiger partial charge in [-0.15, -0.1) is 0 Å². The van der Waals surface area contributed by atoms with Crippen molar-refractivity contribution in [2.75, 3.05) is 28.2 Å². The first-order chi connectivity index (χ1) is 25.9. The van der Waals surface area contributed by atoms with Crippen LogP contribution >= 0.6 is 0 Å². The highest BCUT2D eigenvalue weighted by molar-refractivity contribution is 6.07. The van der Waals surface area contributed by atoms with Gasteiger partial charge in [-0.3, -0.25) is 29.0 Å². The van der Waals surface area contributed by atoms with Crippen LogP contribution in [0.5, 0.6) is 0 Å². The molecule has 18 heteroatoms. The van der Waals surface area contributed by atoms with Crippen molar-refractivity contribution in [3.63, 3.8) is 0 Å². The first-order valence-electron chi connectivity index (χ1n) is 17.2. The molecule has 1 heterocycles. The van der Waals surface area contributed by atoms with Crippen LogP contribution in [-0.2, 0) is 41.4 Å². The first kappa shape index (κ1) is 46.5. The zero-order chi connectivity index (χ0) is 42.8. The summed E-state index contributed by atoms with van der Waals surface area (Å²) in [7, 11) is 10.8. The van der Waals surface area contributed by atoms with Crippen molar-refractivity contribution >= 4 is 52.4 Å². The number of hydrogen-bond donors (Lipinski definition) is 9. The zero-order valence-corrected chi connectivity index (χ0v) is 31.8. The maximum absolute atomic E-state index is 10.3. The molecule has 1 aliphatic rings. The Kier molecular flexibility index (Phi) is 15.6. The number of fused-ring (bicyclic) bond motifs is 1. The lowest BCUT2D eigenvalue weighted by molar-refractivity contribution is -0.170. The molecule has 0 unspecified atom stereocenters. The second-order valence-corrected chi connectivity index (χ2v) is 14.2. The summed E-state index contributed by atoms with van der Waals surface area (Å²) in [6.07, 6.45) is -0.573. The molecular formula is C38H50N4O14. The summed E-state index contributed by atoms with van der Waals surface area (Å²) in [4.78, 5) is 65.6. The number of nitrogens with zero attached hydrogens (tertiary/aromatic N) is 3. The largest absolute Gasteiger partial charge is 0.481 e. The minimum atomic E-state index is -2.74. The molecule has 0 radical (unpaired) electrons. The molecule has 18 nitrogen and oxygen atoms in total. The van der Waals surface area contributed by atoms with E-state index in [4.69, 9.17) is 40.9 Å². The Hall–Kier alpha value is -5.69. The summed E-state index contributed by atoms with van der Waals surface area (Å²) in [6, 6.07) is 21.5. The highest BCUT2D eigenvalue weighted by Crippen LogP contribution is 2.47. The van der Waals surface area contributed by atoms with Gasteiger partial charge < -0.3 is 50.8 Å². The Morgan fingerprint density at radius 1 is 0.643 bits per heavy atom. The minimum absolute atomic E-state index is 0.0278. The van der Waals surface area contributed by atoms with Crippen molar-refractivity contribution in [3.8, 4) is 0 Å². The Morgan fingerprint density at radius 2 is 1.04 bits per heavy atom. The Bertz CT molecular complexity index is 1830. The molecule has 0 saturated heterocycles. The van der Waals surface area contributed by atoms with Gasteiger partial charge in [-0.25, -0.2) is 9.59 Å². The van der Waals surface area contributed by atoms with Crippen molar-refractivity contribution in [1.29, 1.82) is 5.41 Å². The number of hydrogen-bond acceptors (Lipinski definition) is 11. The fraction of sp³-hybridized carbons (Fsp3) is 0.447. The van der Waals surface area contributed by atoms with Crippen LogP contribution in [0, 0.1) is 5.41 Å². The van der Waals surface area contributed by atoms with E-state index in [0.29, 0.717) is 0 Å². The van der Waals surface area contributed by atoms with Crippen LogP contribution in [0.1, 0.15) is 62.6 Å². The van der Waals surface area contributed by atoms with Crippen molar-refractivity contribution < 1.29 is 69.6 Å². The maximum atomic E-state index is 10.3. The maximum Gasteiger partial charge on any atom is 0.336 e. The number of aliphatic hydroxyl groups is 2. The zero-order valence-electron chi connectivity index (χ0n) is 31.8. The molecule has 3 aromatic rings. The number of carbonyl (C=O) groups is 6. The van der Waals surface area contributed by atoms with Crippen LogP contribution in [-0.4, -0.2) is 142 Å². The van der Waals surface area contributed by atoms with Crippen LogP contribution < -0.4 is 0 Å². The highest BCUT2D eigenvalue weighted by atomic mass is 16.4. The van der Waals surface area contributed by atoms with Crippen molar-refractivity contribution in [2.45, 2.75) is 73.6 Å². The van der Waals surface area contributed by atoms with E-state index in [-0.39, 0.29) is 11.1 Å². The van der Waals surface area contributed by atoms with Crippen molar-refractivity contribution in [1.82, 2.24) is 14.4 Å². The van der Waals surface area contributed by atoms with Crippen LogP contribution in [0.4, 0.5) is 0 Å². The van der Waals surface area contributed by atoms with Gasteiger partial charge in [-0.2, -0.15) is 0 Å². The Balaban J connectivity index is 0.000000347. The number of aromatic nitrogens is 1. The summed E-state index contributed by atoms with van der Waals surface area (Å²) < 4.78 is 2.19. The number of aryl methyl sites for hydroxylation is 1. The van der Waals surface area contributed by atoms with E-state index in [2.05, 4.69) is 110 Å². The second-order valence-electron chi connectivity index (χ2n) is 14.2. The normalized spacial score (nSPS) is 18.2. The summed E-state index contributed by atoms with van der Waals surface area (Å²) >= 11 is 0. The van der Waals surface area contributed by atoms with Gasteiger partial charge >= 0.3 is 35.8 Å². The van der Waals surface area contributed by atoms with E-state index < -0.39 is 72.7 Å². The summed E-state index contributed by atoms with van der Waals surface area (Å²) in [5, 5.41) is 78.2. The highest BCUT2D eigenvalue weighted by Gasteiger charge is 2.49. The van der Waals surface area contributed by atoms with Crippen molar-refractivity contribution in [2.24, 2.45) is 7.05 Å². The number of likely N-dealkylation sites (N-methyl/N-ethyl adjacent to an activating group) is 1. The molecule has 1 saturated carbocycles. The van der Waals surface area contributed by atoms with E-state index in [1.54, 1.807) is 0 Å². The number of rotatable bonds is 15. The predicted molar refractivity (Wildman–Crippen MR) is 201 cm³/mol. The number of carboxylic acid groups (broad SMARTS) is 6. The molecule has 1 aromatic heterocycles. The number of aliphatic carboxylic acids is 6. The van der Waals surface area contributed by atoms with Gasteiger partial charge in [-0.1, -0.05) is 48.5 Å². The lowest BCUT2D eigenvalue weighted by atomic mass is 9.66. The van der Waals surface area contributed by atoms with Crippen LogP contribution in [0.15, 0.2) is 60.7 Å². The average Bonchev–Trinajstić information content (AvgIpc) is 3.43. The smallest absolute Gasteiger partial charge is 0.336 e. The molecule has 56 heavy (non-hydrogen) atoms. The first-order valence-corrected chi connectivity index (χ1v) is 17.2. The number of para-hydroxylation sites is 1. The van der Waals surface area contributed by atoms with Gasteiger partial charge in [0.1, 0.15) is 0 Å². The molecule has 1 aliphatic carbocycles. The third-order valence-corrected chi connectivity index (χ3v) is 10.2. The quantitative estimate of drug-likeness (QED) is 0.0999. The van der Waals surface area contributed by atoms with Crippen LogP contribution in [0.25, 0.3) is 10.9 Å². The number of nitrogens with one attached hydrogen (secondary N) is 1. The third-order valence-electron chi connectivity index (χ3n) is 10.2. The van der Waals surface area contributed by atoms with Crippen molar-refractivity contribution in [3.05, 3.63) is 71.9 Å².